The molecule has 5 heteroatoms. The van der Waals surface area contributed by atoms with E-state index in [2.05, 4.69) is 4.74 Å². The van der Waals surface area contributed by atoms with Crippen molar-refractivity contribution < 1.29 is 19.1 Å². The summed E-state index contributed by atoms with van der Waals surface area (Å²) >= 11 is 0. The first-order chi connectivity index (χ1) is 11.3. The molecule has 24 heavy (non-hydrogen) atoms. The van der Waals surface area contributed by atoms with Crippen LogP contribution in [0.25, 0.3) is 0 Å². The van der Waals surface area contributed by atoms with Crippen LogP contribution >= 0.6 is 0 Å². The maximum Gasteiger partial charge on any atom is 0.410 e. The van der Waals surface area contributed by atoms with Gasteiger partial charge in [-0.1, -0.05) is 24.3 Å². The molecule has 2 rings (SSSR count). The van der Waals surface area contributed by atoms with Crippen LogP contribution in [-0.2, 0) is 20.7 Å². The van der Waals surface area contributed by atoms with Gasteiger partial charge < -0.3 is 14.4 Å². The Morgan fingerprint density at radius 2 is 1.88 bits per heavy atom. The van der Waals surface area contributed by atoms with E-state index in [-0.39, 0.29) is 18.1 Å². The highest BCUT2D eigenvalue weighted by atomic mass is 16.6. The van der Waals surface area contributed by atoms with Crippen LogP contribution in [0.15, 0.2) is 24.3 Å². The van der Waals surface area contributed by atoms with Crippen molar-refractivity contribution in [2.24, 2.45) is 0 Å². The van der Waals surface area contributed by atoms with E-state index in [1.807, 2.05) is 49.9 Å². The van der Waals surface area contributed by atoms with Crippen molar-refractivity contribution in [3.8, 4) is 0 Å². The normalized spacial score (nSPS) is 17.7. The average Bonchev–Trinajstić information content (AvgIpc) is 3.01. The first kappa shape index (κ1) is 18.3. The second-order valence-electron chi connectivity index (χ2n) is 7.15. The van der Waals surface area contributed by atoms with Crippen LogP contribution in [0.4, 0.5) is 4.79 Å². The summed E-state index contributed by atoms with van der Waals surface area (Å²) in [5.74, 6) is -0.203. The van der Waals surface area contributed by atoms with Gasteiger partial charge >= 0.3 is 12.1 Å². The van der Waals surface area contributed by atoms with Crippen LogP contribution in [0.2, 0.25) is 0 Å². The number of ether oxygens (including phenoxy) is 2. The first-order valence-electron chi connectivity index (χ1n) is 8.45. The third-order valence-corrected chi connectivity index (χ3v) is 4.09. The first-order valence-corrected chi connectivity index (χ1v) is 8.45. The van der Waals surface area contributed by atoms with E-state index in [4.69, 9.17) is 4.74 Å². The number of esters is 1. The molecule has 0 spiro atoms. The van der Waals surface area contributed by atoms with Crippen molar-refractivity contribution in [1.29, 1.82) is 0 Å². The fourth-order valence-corrected chi connectivity index (χ4v) is 2.91. The molecule has 132 valence electrons. The summed E-state index contributed by atoms with van der Waals surface area (Å²) in [6.07, 6.45) is 2.71. The molecule has 1 aliphatic heterocycles. The lowest BCUT2D eigenvalue weighted by Crippen LogP contribution is -2.36. The number of amides is 1. The van der Waals surface area contributed by atoms with E-state index < -0.39 is 5.60 Å². The molecule has 0 saturated carbocycles. The van der Waals surface area contributed by atoms with Crippen molar-refractivity contribution >= 4 is 12.1 Å². The summed E-state index contributed by atoms with van der Waals surface area (Å²) in [6, 6.07) is 8.18. The molecular formula is C19H27NO4. The zero-order valence-electron chi connectivity index (χ0n) is 15.0. The van der Waals surface area contributed by atoms with Crippen LogP contribution in [-0.4, -0.2) is 36.2 Å². The molecule has 1 fully saturated rings. The molecule has 1 heterocycles. The van der Waals surface area contributed by atoms with Gasteiger partial charge in [0.25, 0.3) is 0 Å². The smallest absolute Gasteiger partial charge is 0.410 e. The van der Waals surface area contributed by atoms with Gasteiger partial charge in [0.15, 0.2) is 0 Å². The largest absolute Gasteiger partial charge is 0.469 e. The Labute approximate surface area is 143 Å². The monoisotopic (exact) mass is 333 g/mol. The molecule has 5 nitrogen and oxygen atoms in total. The Bertz CT molecular complexity index is 574. The van der Waals surface area contributed by atoms with Gasteiger partial charge in [-0.05, 0) is 51.2 Å². The number of carbonyl (C=O) groups excluding carboxylic acids is 2. The summed E-state index contributed by atoms with van der Waals surface area (Å²) in [5.41, 5.74) is 1.72. The Hall–Kier alpha value is -2.04. The van der Waals surface area contributed by atoms with Crippen LogP contribution in [0, 0.1) is 0 Å². The number of carbonyl (C=O) groups is 2. The lowest BCUT2D eigenvalue weighted by atomic mass is 10.0. The van der Waals surface area contributed by atoms with Gasteiger partial charge in [0.2, 0.25) is 0 Å². The van der Waals surface area contributed by atoms with Crippen LogP contribution in [0.1, 0.15) is 57.2 Å². The molecule has 0 radical (unpaired) electrons. The average molecular weight is 333 g/mol. The molecule has 1 amide bonds. The minimum absolute atomic E-state index is 0.0644. The number of nitrogens with zero attached hydrogens (tertiary/aromatic N) is 1. The lowest BCUT2D eigenvalue weighted by Gasteiger charge is -2.29. The second-order valence-corrected chi connectivity index (χ2v) is 7.15. The second kappa shape index (κ2) is 7.69. The van der Waals surface area contributed by atoms with Crippen molar-refractivity contribution in [2.75, 3.05) is 13.7 Å². The Morgan fingerprint density at radius 3 is 2.46 bits per heavy atom. The quantitative estimate of drug-likeness (QED) is 0.785. The van der Waals surface area contributed by atoms with Gasteiger partial charge in [-0.15, -0.1) is 0 Å². The van der Waals surface area contributed by atoms with E-state index in [1.54, 1.807) is 0 Å². The Balaban J connectivity index is 2.02. The molecule has 0 N–H and O–H groups in total. The predicted molar refractivity (Wildman–Crippen MR) is 91.7 cm³/mol. The van der Waals surface area contributed by atoms with Gasteiger partial charge in [-0.25, -0.2) is 4.79 Å². The maximum atomic E-state index is 12.4. The van der Waals surface area contributed by atoms with Gasteiger partial charge in [-0.2, -0.15) is 0 Å². The van der Waals surface area contributed by atoms with Gasteiger partial charge in [0.1, 0.15) is 5.60 Å². The van der Waals surface area contributed by atoms with Crippen molar-refractivity contribution in [3.63, 3.8) is 0 Å². The van der Waals surface area contributed by atoms with Gasteiger partial charge in [0, 0.05) is 13.0 Å². The third kappa shape index (κ3) is 4.98. The summed E-state index contributed by atoms with van der Waals surface area (Å²) < 4.78 is 10.2. The number of hydrogen-bond donors (Lipinski definition) is 0. The van der Waals surface area contributed by atoms with Crippen molar-refractivity contribution in [1.82, 2.24) is 4.90 Å². The molecule has 1 saturated heterocycles. The van der Waals surface area contributed by atoms with Crippen LogP contribution in [0.3, 0.4) is 0 Å². The number of methoxy groups -OCH3 is 1. The van der Waals surface area contributed by atoms with Gasteiger partial charge in [-0.3, -0.25) is 4.79 Å². The molecule has 1 aromatic carbocycles. The zero-order chi connectivity index (χ0) is 17.7. The molecular weight excluding hydrogens is 306 g/mol. The lowest BCUT2D eigenvalue weighted by molar-refractivity contribution is -0.140. The van der Waals surface area contributed by atoms with E-state index in [0.29, 0.717) is 12.8 Å². The number of benzene rings is 1. The fraction of sp³-hybridized carbons (Fsp3) is 0.579. The predicted octanol–water partition coefficient (Wildman–Crippen LogP) is 3.86. The van der Waals surface area contributed by atoms with Crippen LogP contribution < -0.4 is 0 Å². The Kier molecular flexibility index (Phi) is 5.86. The number of rotatable bonds is 4. The maximum absolute atomic E-state index is 12.4. The number of aryl methyl sites for hydroxylation is 1. The third-order valence-electron chi connectivity index (χ3n) is 4.09. The van der Waals surface area contributed by atoms with Crippen molar-refractivity contribution in [2.45, 2.75) is 58.1 Å². The number of hydrogen-bond acceptors (Lipinski definition) is 4. The standard InChI is InChI=1S/C19H27NO4/c1-19(2,3)24-18(22)20-13-5-6-16(20)15-10-7-14(8-11-15)9-12-17(21)23-4/h7-8,10-11,16H,5-6,9,12-13H2,1-4H3/t16-/m1/s1. The molecule has 1 aromatic rings. The summed E-state index contributed by atoms with van der Waals surface area (Å²) in [5, 5.41) is 0. The van der Waals surface area contributed by atoms with Crippen LogP contribution in [0.5, 0.6) is 0 Å². The van der Waals surface area contributed by atoms with E-state index in [1.165, 1.54) is 7.11 Å². The highest BCUT2D eigenvalue weighted by molar-refractivity contribution is 5.70. The summed E-state index contributed by atoms with van der Waals surface area (Å²) in [7, 11) is 1.40. The van der Waals surface area contributed by atoms with Crippen molar-refractivity contribution in [3.05, 3.63) is 35.4 Å². The SMILES string of the molecule is COC(=O)CCc1ccc([C@H]2CCCN2C(=O)OC(C)(C)C)cc1. The number of likely N-dealkylation sites (tertiary alicyclic amines) is 1. The molecule has 1 atom stereocenters. The summed E-state index contributed by atoms with van der Waals surface area (Å²) in [4.78, 5) is 25.4. The molecule has 0 aromatic heterocycles. The molecule has 1 aliphatic rings. The van der Waals surface area contributed by atoms with E-state index in [9.17, 15) is 9.59 Å². The van der Waals surface area contributed by atoms with Gasteiger partial charge in [0.05, 0.1) is 13.2 Å². The fourth-order valence-electron chi connectivity index (χ4n) is 2.91. The Morgan fingerprint density at radius 1 is 1.21 bits per heavy atom. The topological polar surface area (TPSA) is 55.8 Å². The molecule has 0 aliphatic carbocycles. The highest BCUT2D eigenvalue weighted by Crippen LogP contribution is 2.33. The van der Waals surface area contributed by atoms with E-state index >= 15 is 0 Å². The van der Waals surface area contributed by atoms with E-state index in [0.717, 1.165) is 30.5 Å². The highest BCUT2D eigenvalue weighted by Gasteiger charge is 2.32. The molecule has 0 unspecified atom stereocenters. The minimum atomic E-state index is -0.484. The summed E-state index contributed by atoms with van der Waals surface area (Å²) in [6.45, 7) is 6.37. The zero-order valence-corrected chi connectivity index (χ0v) is 15.0. The minimum Gasteiger partial charge on any atom is -0.469 e. The molecule has 0 bridgehead atoms.